The van der Waals surface area contributed by atoms with E-state index in [2.05, 4.69) is 9.98 Å². The first kappa shape index (κ1) is 17.3. The molecule has 0 radical (unpaired) electrons. The second-order valence-electron chi connectivity index (χ2n) is 3.33. The van der Waals surface area contributed by atoms with Gasteiger partial charge in [-0.25, -0.2) is 14.8 Å². The number of alkyl halides is 3. The average molecular weight is 377 g/mol. The summed E-state index contributed by atoms with van der Waals surface area (Å²) in [5.74, 6) is -2.69. The van der Waals surface area contributed by atoms with Gasteiger partial charge < -0.3 is 10.8 Å². The van der Waals surface area contributed by atoms with Crippen LogP contribution in [-0.2, 0) is 4.79 Å². The number of nitrogens with zero attached hydrogens (tertiary/aromatic N) is 2. The summed E-state index contributed by atoms with van der Waals surface area (Å²) in [4.78, 5) is 18.0. The molecule has 20 heavy (non-hydrogen) atoms. The predicted molar refractivity (Wildman–Crippen MR) is 83.1 cm³/mol. The van der Waals surface area contributed by atoms with E-state index in [9.17, 15) is 4.79 Å². The van der Waals surface area contributed by atoms with Crippen molar-refractivity contribution in [3.05, 3.63) is 28.2 Å². The maximum absolute atomic E-state index is 10.6. The maximum Gasteiger partial charge on any atom is 0.371 e. The van der Waals surface area contributed by atoms with E-state index in [1.54, 1.807) is 0 Å². The molecule has 1 aromatic carbocycles. The SMILES string of the molecule is NC(=NC(=Nc1ccc(Cl)cc1Cl)C(Cl)(Cl)Cl)C(=O)O. The maximum atomic E-state index is 10.6. The number of aliphatic carboxylic acids is 1. The van der Waals surface area contributed by atoms with Crippen molar-refractivity contribution in [2.75, 3.05) is 0 Å². The lowest BCUT2D eigenvalue weighted by atomic mass is 10.3. The van der Waals surface area contributed by atoms with Crippen LogP contribution in [0.2, 0.25) is 10.0 Å². The van der Waals surface area contributed by atoms with Gasteiger partial charge in [-0.05, 0) is 18.2 Å². The van der Waals surface area contributed by atoms with Gasteiger partial charge >= 0.3 is 5.97 Å². The van der Waals surface area contributed by atoms with Crippen LogP contribution in [0.1, 0.15) is 0 Å². The number of halogens is 5. The number of carboxylic acid groups (broad SMARTS) is 1. The van der Waals surface area contributed by atoms with Crippen LogP contribution in [0.5, 0.6) is 0 Å². The highest BCUT2D eigenvalue weighted by atomic mass is 35.6. The lowest BCUT2D eigenvalue weighted by molar-refractivity contribution is -0.129. The molecule has 0 bridgehead atoms. The molecule has 108 valence electrons. The van der Waals surface area contributed by atoms with Crippen LogP contribution < -0.4 is 5.73 Å². The van der Waals surface area contributed by atoms with Crippen LogP contribution >= 0.6 is 58.0 Å². The van der Waals surface area contributed by atoms with E-state index in [-0.39, 0.29) is 10.7 Å². The summed E-state index contributed by atoms with van der Waals surface area (Å²) in [5, 5.41) is 9.23. The molecule has 1 rings (SSSR count). The Balaban J connectivity index is 3.35. The highest BCUT2D eigenvalue weighted by Gasteiger charge is 2.29. The van der Waals surface area contributed by atoms with Gasteiger partial charge in [0.05, 0.1) is 10.7 Å². The third kappa shape index (κ3) is 5.00. The molecule has 0 atom stereocenters. The minimum atomic E-state index is -2.08. The zero-order chi connectivity index (χ0) is 15.5. The van der Waals surface area contributed by atoms with Gasteiger partial charge in [-0.15, -0.1) is 0 Å². The van der Waals surface area contributed by atoms with Crippen molar-refractivity contribution in [2.45, 2.75) is 3.79 Å². The molecule has 0 spiro atoms. The summed E-state index contributed by atoms with van der Waals surface area (Å²) in [6.07, 6.45) is 0. The Kier molecular flexibility index (Phi) is 5.91. The summed E-state index contributed by atoms with van der Waals surface area (Å²) in [6, 6.07) is 4.38. The van der Waals surface area contributed by atoms with Crippen LogP contribution in [0.4, 0.5) is 5.69 Å². The molecule has 0 aliphatic carbocycles. The Morgan fingerprint density at radius 3 is 2.30 bits per heavy atom. The fourth-order valence-corrected chi connectivity index (χ4v) is 1.70. The van der Waals surface area contributed by atoms with Crippen LogP contribution in [0.15, 0.2) is 28.2 Å². The second kappa shape index (κ2) is 6.83. The molecule has 5 nitrogen and oxygen atoms in total. The number of carbonyl (C=O) groups is 1. The first-order valence-corrected chi connectivity index (χ1v) is 6.68. The molecule has 0 amide bonds. The molecule has 0 unspecified atom stereocenters. The van der Waals surface area contributed by atoms with Crippen LogP contribution in [0, 0.1) is 0 Å². The molecule has 0 saturated heterocycles. The Bertz CT molecular complexity index is 595. The Labute approximate surface area is 138 Å². The largest absolute Gasteiger partial charge is 0.475 e. The van der Waals surface area contributed by atoms with E-state index in [1.165, 1.54) is 18.2 Å². The molecule has 0 fully saturated rings. The van der Waals surface area contributed by atoms with Crippen molar-refractivity contribution in [3.8, 4) is 0 Å². The van der Waals surface area contributed by atoms with E-state index in [1.807, 2.05) is 0 Å². The van der Waals surface area contributed by atoms with E-state index in [4.69, 9.17) is 68.8 Å². The van der Waals surface area contributed by atoms with Gasteiger partial charge in [-0.1, -0.05) is 58.0 Å². The van der Waals surface area contributed by atoms with Gasteiger partial charge in [0.1, 0.15) is 0 Å². The highest BCUT2D eigenvalue weighted by Crippen LogP contribution is 2.33. The summed E-state index contributed by atoms with van der Waals surface area (Å²) in [7, 11) is 0. The lowest BCUT2D eigenvalue weighted by Crippen LogP contribution is -2.28. The molecule has 0 saturated carbocycles. The predicted octanol–water partition coefficient (Wildman–Crippen LogP) is 3.84. The minimum absolute atomic E-state index is 0.174. The van der Waals surface area contributed by atoms with Crippen molar-refractivity contribution in [1.29, 1.82) is 0 Å². The number of benzene rings is 1. The molecule has 0 aromatic heterocycles. The molecular weight excluding hydrogens is 371 g/mol. The summed E-state index contributed by atoms with van der Waals surface area (Å²) in [5.41, 5.74) is 5.36. The smallest absolute Gasteiger partial charge is 0.371 e. The van der Waals surface area contributed by atoms with E-state index >= 15 is 0 Å². The second-order valence-corrected chi connectivity index (χ2v) is 6.46. The lowest BCUT2D eigenvalue weighted by Gasteiger charge is -2.11. The molecular formula is C10H6Cl5N3O2. The number of rotatable bonds is 1. The standard InChI is InChI=1S/C10H6Cl5N3O2/c11-4-1-2-6(5(12)3-4)17-9(10(13,14)15)18-7(16)8(19)20/h1-3H,(H,19,20)(H2,16,17,18). The zero-order valence-corrected chi connectivity index (χ0v) is 13.2. The van der Waals surface area contributed by atoms with E-state index < -0.39 is 21.4 Å². The van der Waals surface area contributed by atoms with Crippen LogP contribution in [-0.4, -0.2) is 26.5 Å². The third-order valence-electron chi connectivity index (χ3n) is 1.84. The van der Waals surface area contributed by atoms with Crippen molar-refractivity contribution < 1.29 is 9.90 Å². The molecule has 0 aliphatic heterocycles. The fraction of sp³-hybridized carbons (Fsp3) is 0.100. The quantitative estimate of drug-likeness (QED) is 0.443. The number of aliphatic imine (C=N–C) groups is 2. The Morgan fingerprint density at radius 1 is 1.25 bits per heavy atom. The monoisotopic (exact) mass is 375 g/mol. The van der Waals surface area contributed by atoms with Gasteiger partial charge in [0, 0.05) is 5.02 Å². The summed E-state index contributed by atoms with van der Waals surface area (Å²) >= 11 is 28.6. The van der Waals surface area contributed by atoms with Gasteiger partial charge in [0.15, 0.2) is 5.84 Å². The molecule has 1 aromatic rings. The molecule has 0 aliphatic rings. The van der Waals surface area contributed by atoms with Gasteiger partial charge in [0.2, 0.25) is 9.63 Å². The fourth-order valence-electron chi connectivity index (χ4n) is 1.000. The van der Waals surface area contributed by atoms with Gasteiger partial charge in [-0.3, -0.25) is 0 Å². The van der Waals surface area contributed by atoms with Gasteiger partial charge in [-0.2, -0.15) is 0 Å². The number of hydrogen-bond acceptors (Lipinski definition) is 2. The first-order chi connectivity index (χ1) is 9.11. The molecule has 10 heteroatoms. The van der Waals surface area contributed by atoms with E-state index in [0.29, 0.717) is 5.02 Å². The van der Waals surface area contributed by atoms with E-state index in [0.717, 1.165) is 0 Å². The van der Waals surface area contributed by atoms with Crippen molar-refractivity contribution in [3.63, 3.8) is 0 Å². The Morgan fingerprint density at radius 2 is 1.85 bits per heavy atom. The number of hydrogen-bond donors (Lipinski definition) is 2. The molecule has 3 N–H and O–H groups in total. The van der Waals surface area contributed by atoms with Crippen LogP contribution in [0.25, 0.3) is 0 Å². The summed E-state index contributed by atoms with van der Waals surface area (Å²) in [6.45, 7) is 0. The molecule has 0 heterocycles. The average Bonchev–Trinajstić information content (AvgIpc) is 2.29. The first-order valence-electron chi connectivity index (χ1n) is 4.79. The minimum Gasteiger partial charge on any atom is -0.475 e. The van der Waals surface area contributed by atoms with Gasteiger partial charge in [0.25, 0.3) is 0 Å². The summed E-state index contributed by atoms with van der Waals surface area (Å²) < 4.78 is -2.08. The zero-order valence-electron chi connectivity index (χ0n) is 9.45. The number of carboxylic acids is 1. The van der Waals surface area contributed by atoms with Crippen molar-refractivity contribution in [1.82, 2.24) is 0 Å². The Hall–Kier alpha value is -0.720. The highest BCUT2D eigenvalue weighted by molar-refractivity contribution is 6.77. The van der Waals surface area contributed by atoms with Crippen molar-refractivity contribution >= 4 is 81.3 Å². The topological polar surface area (TPSA) is 88.0 Å². The number of nitrogens with two attached hydrogens (primary N) is 1. The van der Waals surface area contributed by atoms with Crippen LogP contribution in [0.3, 0.4) is 0 Å². The number of amidine groups is 2. The normalized spacial score (nSPS) is 13.4. The van der Waals surface area contributed by atoms with Crippen molar-refractivity contribution in [2.24, 2.45) is 15.7 Å². The third-order valence-corrected chi connectivity index (χ3v) is 2.88.